The summed E-state index contributed by atoms with van der Waals surface area (Å²) < 4.78 is 5.36. The lowest BCUT2D eigenvalue weighted by atomic mass is 9.77. The van der Waals surface area contributed by atoms with Crippen LogP contribution < -0.4 is 10.6 Å². The lowest BCUT2D eigenvalue weighted by Gasteiger charge is -2.28. The molecule has 1 aromatic carbocycles. The van der Waals surface area contributed by atoms with Gasteiger partial charge in [-0.05, 0) is 67.3 Å². The van der Waals surface area contributed by atoms with Gasteiger partial charge in [0.2, 0.25) is 0 Å². The summed E-state index contributed by atoms with van der Waals surface area (Å²) in [7, 11) is 0. The molecule has 1 saturated carbocycles. The highest BCUT2D eigenvalue weighted by atomic mass is 16.4. The molecule has 160 valence electrons. The van der Waals surface area contributed by atoms with Gasteiger partial charge < -0.3 is 20.2 Å². The van der Waals surface area contributed by atoms with E-state index in [4.69, 9.17) is 9.52 Å². The first kappa shape index (κ1) is 20.5. The average molecular weight is 421 g/mol. The molecular weight excluding hydrogens is 398 g/mol. The van der Waals surface area contributed by atoms with Gasteiger partial charge in [-0.2, -0.15) is 0 Å². The first-order chi connectivity index (χ1) is 15.1. The van der Waals surface area contributed by atoms with Crippen LogP contribution in [0.1, 0.15) is 54.3 Å². The number of amides is 1. The monoisotopic (exact) mass is 421 g/mol. The molecule has 0 spiro atoms. The summed E-state index contributed by atoms with van der Waals surface area (Å²) in [5.74, 6) is -0.656. The number of carbonyl (C=O) groups is 2. The number of hydrogen-bond donors (Lipinski definition) is 3. The number of hydrogen-bond acceptors (Lipinski definition) is 7. The standard InChI is InChI=1S/C22H23N5O4/c28-19(29)12-14-3-5-15(6-4-14)16-7-9-17(10-8-16)24-20(30)21-26-27-22(31-21)25-18-2-1-11-23-13-18/h1-2,7-11,13-15H,3-6,12H2,(H,24,30)(H,25,27)(H,28,29)/t14-,15-. The molecule has 4 rings (SSSR count). The highest BCUT2D eigenvalue weighted by Crippen LogP contribution is 2.37. The smallest absolute Gasteiger partial charge is 0.320 e. The summed E-state index contributed by atoms with van der Waals surface area (Å²) in [4.78, 5) is 27.2. The number of aromatic nitrogens is 3. The van der Waals surface area contributed by atoms with E-state index in [1.165, 1.54) is 5.56 Å². The Morgan fingerprint density at radius 2 is 1.81 bits per heavy atom. The second-order valence-corrected chi connectivity index (χ2v) is 7.67. The van der Waals surface area contributed by atoms with E-state index >= 15 is 0 Å². The van der Waals surface area contributed by atoms with Crippen LogP contribution in [0.25, 0.3) is 0 Å². The minimum atomic E-state index is -0.718. The summed E-state index contributed by atoms with van der Waals surface area (Å²) in [6, 6.07) is 11.4. The molecule has 0 radical (unpaired) electrons. The third kappa shape index (κ3) is 5.44. The molecule has 0 atom stereocenters. The predicted octanol–water partition coefficient (Wildman–Crippen LogP) is 4.21. The van der Waals surface area contributed by atoms with E-state index in [1.807, 2.05) is 24.3 Å². The molecule has 0 unspecified atom stereocenters. The fourth-order valence-electron chi connectivity index (χ4n) is 3.90. The molecule has 1 amide bonds. The Labute approximate surface area is 178 Å². The van der Waals surface area contributed by atoms with Crippen molar-refractivity contribution in [1.82, 2.24) is 15.2 Å². The molecule has 3 aromatic rings. The minimum absolute atomic E-state index is 0.104. The van der Waals surface area contributed by atoms with Gasteiger partial charge in [0, 0.05) is 18.3 Å². The lowest BCUT2D eigenvalue weighted by Crippen LogP contribution is -2.16. The van der Waals surface area contributed by atoms with Crippen molar-refractivity contribution in [3.05, 3.63) is 60.2 Å². The quantitative estimate of drug-likeness (QED) is 0.517. The first-order valence-corrected chi connectivity index (χ1v) is 10.2. The van der Waals surface area contributed by atoms with Crippen LogP contribution in [0.3, 0.4) is 0 Å². The van der Waals surface area contributed by atoms with Gasteiger partial charge in [0.1, 0.15) is 0 Å². The molecule has 0 saturated heterocycles. The normalized spacial score (nSPS) is 18.3. The van der Waals surface area contributed by atoms with E-state index in [9.17, 15) is 9.59 Å². The molecule has 2 aromatic heterocycles. The third-order valence-corrected chi connectivity index (χ3v) is 5.48. The SMILES string of the molecule is O=C(O)C[C@H]1CC[C@H](c2ccc(NC(=O)c3nnc(Nc4cccnc4)o3)cc2)CC1. The van der Waals surface area contributed by atoms with Crippen molar-refractivity contribution in [3.8, 4) is 0 Å². The highest BCUT2D eigenvalue weighted by molar-refractivity contribution is 6.00. The zero-order valence-corrected chi connectivity index (χ0v) is 16.8. The van der Waals surface area contributed by atoms with E-state index in [2.05, 4.69) is 25.8 Å². The second-order valence-electron chi connectivity index (χ2n) is 7.67. The van der Waals surface area contributed by atoms with Crippen LogP contribution in [0.2, 0.25) is 0 Å². The molecule has 2 heterocycles. The van der Waals surface area contributed by atoms with Crippen molar-refractivity contribution >= 4 is 29.3 Å². The Kier molecular flexibility index (Phi) is 6.21. The van der Waals surface area contributed by atoms with E-state index in [1.54, 1.807) is 24.5 Å². The van der Waals surface area contributed by atoms with Gasteiger partial charge in [-0.15, -0.1) is 5.10 Å². The molecule has 9 heteroatoms. The maximum atomic E-state index is 12.4. The number of nitrogens with zero attached hydrogens (tertiary/aromatic N) is 3. The van der Waals surface area contributed by atoms with E-state index in [0.29, 0.717) is 17.3 Å². The Balaban J connectivity index is 1.31. The number of carboxylic acids is 1. The molecule has 3 N–H and O–H groups in total. The van der Waals surface area contributed by atoms with Crippen molar-refractivity contribution in [1.29, 1.82) is 0 Å². The molecule has 31 heavy (non-hydrogen) atoms. The Bertz CT molecular complexity index is 1030. The Morgan fingerprint density at radius 1 is 1.03 bits per heavy atom. The van der Waals surface area contributed by atoms with Crippen molar-refractivity contribution in [2.75, 3.05) is 10.6 Å². The lowest BCUT2D eigenvalue weighted by molar-refractivity contribution is -0.138. The average Bonchev–Trinajstić information content (AvgIpc) is 3.24. The summed E-state index contributed by atoms with van der Waals surface area (Å²) >= 11 is 0. The summed E-state index contributed by atoms with van der Waals surface area (Å²) in [5, 5.41) is 22.2. The van der Waals surface area contributed by atoms with Gasteiger partial charge in [0.15, 0.2) is 0 Å². The summed E-state index contributed by atoms with van der Waals surface area (Å²) in [6.07, 6.45) is 7.34. The third-order valence-electron chi connectivity index (χ3n) is 5.48. The van der Waals surface area contributed by atoms with Crippen LogP contribution in [0.5, 0.6) is 0 Å². The van der Waals surface area contributed by atoms with Crippen molar-refractivity contribution < 1.29 is 19.1 Å². The van der Waals surface area contributed by atoms with Crippen molar-refractivity contribution in [2.24, 2.45) is 5.92 Å². The van der Waals surface area contributed by atoms with Gasteiger partial charge in [0.25, 0.3) is 0 Å². The van der Waals surface area contributed by atoms with Gasteiger partial charge in [-0.25, -0.2) is 0 Å². The zero-order chi connectivity index (χ0) is 21.6. The van der Waals surface area contributed by atoms with Crippen LogP contribution in [0.4, 0.5) is 17.4 Å². The highest BCUT2D eigenvalue weighted by Gasteiger charge is 2.24. The number of aliphatic carboxylic acids is 1. The van der Waals surface area contributed by atoms with E-state index in [0.717, 1.165) is 25.7 Å². The zero-order valence-electron chi connectivity index (χ0n) is 16.8. The molecule has 1 aliphatic rings. The topological polar surface area (TPSA) is 130 Å². The maximum absolute atomic E-state index is 12.4. The molecule has 9 nitrogen and oxygen atoms in total. The van der Waals surface area contributed by atoms with Crippen LogP contribution in [0, 0.1) is 5.92 Å². The Morgan fingerprint density at radius 3 is 2.48 bits per heavy atom. The number of rotatable bonds is 7. The van der Waals surface area contributed by atoms with Gasteiger partial charge in [0.05, 0.1) is 11.9 Å². The largest absolute Gasteiger partial charge is 0.481 e. The van der Waals surface area contributed by atoms with Gasteiger partial charge >= 0.3 is 23.8 Å². The molecule has 0 bridgehead atoms. The number of benzene rings is 1. The van der Waals surface area contributed by atoms with E-state index < -0.39 is 11.9 Å². The molecule has 1 aliphatic carbocycles. The van der Waals surface area contributed by atoms with Crippen molar-refractivity contribution in [3.63, 3.8) is 0 Å². The number of pyridine rings is 1. The molecule has 1 fully saturated rings. The van der Waals surface area contributed by atoms with Gasteiger partial charge in [-0.3, -0.25) is 14.6 Å². The van der Waals surface area contributed by atoms with Crippen molar-refractivity contribution in [2.45, 2.75) is 38.0 Å². The first-order valence-electron chi connectivity index (χ1n) is 10.2. The molecule has 0 aliphatic heterocycles. The Hall–Kier alpha value is -3.75. The summed E-state index contributed by atoms with van der Waals surface area (Å²) in [5.41, 5.74) is 2.51. The number of anilines is 3. The maximum Gasteiger partial charge on any atom is 0.320 e. The van der Waals surface area contributed by atoms with Crippen LogP contribution in [-0.4, -0.2) is 32.2 Å². The van der Waals surface area contributed by atoms with Crippen LogP contribution in [0.15, 0.2) is 53.2 Å². The van der Waals surface area contributed by atoms with Gasteiger partial charge in [-0.1, -0.05) is 17.2 Å². The number of carboxylic acid groups (broad SMARTS) is 1. The fraction of sp³-hybridized carbons (Fsp3) is 0.318. The number of carbonyl (C=O) groups excluding carboxylic acids is 1. The predicted molar refractivity (Wildman–Crippen MR) is 113 cm³/mol. The summed E-state index contributed by atoms with van der Waals surface area (Å²) in [6.45, 7) is 0. The molecular formula is C22H23N5O4. The van der Waals surface area contributed by atoms with Crippen LogP contribution in [-0.2, 0) is 4.79 Å². The second kappa shape index (κ2) is 9.38. The van der Waals surface area contributed by atoms with E-state index in [-0.39, 0.29) is 24.2 Å². The minimum Gasteiger partial charge on any atom is -0.481 e. The van der Waals surface area contributed by atoms with Crippen LogP contribution >= 0.6 is 0 Å². The number of nitrogens with one attached hydrogen (secondary N) is 2. The fourth-order valence-corrected chi connectivity index (χ4v) is 3.90.